The Labute approximate surface area is 160 Å². The third-order valence-electron chi connectivity index (χ3n) is 5.44. The van der Waals surface area contributed by atoms with Gasteiger partial charge in [-0.15, -0.1) is 0 Å². The standard InChI is InChI=1S/C22H28N2O3/c1-13-7-14(2)19(15(3)8-13)11-20(26)24-22(17-9-18(25)10-17)16-5-6-21(27-4)23-12-16/h5-8,12,17-18,22,25H,9-11H2,1-4H3,(H,24,26). The summed E-state index contributed by atoms with van der Waals surface area (Å²) in [5.41, 5.74) is 5.52. The average Bonchev–Trinajstić information content (AvgIpc) is 2.60. The van der Waals surface area contributed by atoms with Crippen molar-refractivity contribution in [3.05, 3.63) is 58.3 Å². The van der Waals surface area contributed by atoms with Gasteiger partial charge in [-0.2, -0.15) is 0 Å². The molecule has 1 unspecified atom stereocenters. The molecule has 1 aromatic carbocycles. The molecular weight excluding hydrogens is 340 g/mol. The predicted molar refractivity (Wildman–Crippen MR) is 105 cm³/mol. The highest BCUT2D eigenvalue weighted by atomic mass is 16.5. The summed E-state index contributed by atoms with van der Waals surface area (Å²) in [7, 11) is 1.58. The van der Waals surface area contributed by atoms with Gasteiger partial charge in [0.05, 0.1) is 25.7 Å². The molecule has 144 valence electrons. The minimum atomic E-state index is -0.276. The van der Waals surface area contributed by atoms with Gasteiger partial charge in [0, 0.05) is 12.3 Å². The third kappa shape index (κ3) is 4.48. The first-order valence-corrected chi connectivity index (χ1v) is 9.41. The van der Waals surface area contributed by atoms with Crippen molar-refractivity contribution in [1.82, 2.24) is 10.3 Å². The smallest absolute Gasteiger partial charge is 0.224 e. The van der Waals surface area contributed by atoms with Gasteiger partial charge in [-0.3, -0.25) is 4.79 Å². The number of nitrogens with zero attached hydrogens (tertiary/aromatic N) is 1. The first kappa shape index (κ1) is 19.4. The number of aliphatic hydroxyl groups is 1. The maximum atomic E-state index is 12.8. The van der Waals surface area contributed by atoms with Crippen molar-refractivity contribution in [3.63, 3.8) is 0 Å². The molecule has 2 N–H and O–H groups in total. The van der Waals surface area contributed by atoms with E-state index in [0.29, 0.717) is 25.1 Å². The number of methoxy groups -OCH3 is 1. The molecule has 5 nitrogen and oxygen atoms in total. The molecule has 2 aromatic rings. The summed E-state index contributed by atoms with van der Waals surface area (Å²) in [6.45, 7) is 6.17. The maximum Gasteiger partial charge on any atom is 0.224 e. The lowest BCUT2D eigenvalue weighted by Gasteiger charge is -2.38. The molecule has 1 heterocycles. The van der Waals surface area contributed by atoms with Gasteiger partial charge in [0.25, 0.3) is 0 Å². The number of amides is 1. The molecule has 3 rings (SSSR count). The quantitative estimate of drug-likeness (QED) is 0.821. The van der Waals surface area contributed by atoms with E-state index in [1.807, 2.05) is 6.07 Å². The topological polar surface area (TPSA) is 71.5 Å². The van der Waals surface area contributed by atoms with Gasteiger partial charge in [-0.25, -0.2) is 4.98 Å². The van der Waals surface area contributed by atoms with Crippen molar-refractivity contribution in [2.75, 3.05) is 7.11 Å². The minimum absolute atomic E-state index is 0.00717. The Morgan fingerprint density at radius 1 is 1.26 bits per heavy atom. The van der Waals surface area contributed by atoms with Gasteiger partial charge < -0.3 is 15.2 Å². The molecule has 0 saturated heterocycles. The van der Waals surface area contributed by atoms with E-state index in [2.05, 4.69) is 43.2 Å². The highest BCUT2D eigenvalue weighted by molar-refractivity contribution is 5.80. The van der Waals surface area contributed by atoms with Gasteiger partial charge in [0.2, 0.25) is 11.8 Å². The monoisotopic (exact) mass is 368 g/mol. The van der Waals surface area contributed by atoms with Crippen molar-refractivity contribution in [2.45, 2.75) is 52.2 Å². The fourth-order valence-corrected chi connectivity index (χ4v) is 3.95. The molecular formula is C22H28N2O3. The molecule has 0 radical (unpaired) electrons. The second-order valence-corrected chi connectivity index (χ2v) is 7.62. The van der Waals surface area contributed by atoms with Crippen molar-refractivity contribution in [3.8, 4) is 5.88 Å². The zero-order valence-corrected chi connectivity index (χ0v) is 16.5. The number of aromatic nitrogens is 1. The van der Waals surface area contributed by atoms with Gasteiger partial charge in [-0.05, 0) is 61.8 Å². The van der Waals surface area contributed by atoms with E-state index in [4.69, 9.17) is 4.74 Å². The van der Waals surface area contributed by atoms with Crippen LogP contribution in [-0.4, -0.2) is 29.2 Å². The first-order chi connectivity index (χ1) is 12.9. The Kier molecular flexibility index (Phi) is 5.80. The number of carbonyl (C=O) groups is 1. The molecule has 1 aromatic heterocycles. The molecule has 1 aliphatic rings. The molecule has 0 aliphatic heterocycles. The Balaban J connectivity index is 1.76. The number of aliphatic hydroxyl groups excluding tert-OH is 1. The van der Waals surface area contributed by atoms with E-state index in [1.165, 1.54) is 5.56 Å². The van der Waals surface area contributed by atoms with E-state index in [0.717, 1.165) is 22.3 Å². The van der Waals surface area contributed by atoms with E-state index in [1.54, 1.807) is 19.4 Å². The van der Waals surface area contributed by atoms with Crippen molar-refractivity contribution in [2.24, 2.45) is 5.92 Å². The normalized spacial score (nSPS) is 19.9. The van der Waals surface area contributed by atoms with E-state index < -0.39 is 0 Å². The summed E-state index contributed by atoms with van der Waals surface area (Å²) >= 11 is 0. The Morgan fingerprint density at radius 3 is 2.44 bits per heavy atom. The van der Waals surface area contributed by atoms with Crippen LogP contribution in [0.15, 0.2) is 30.5 Å². The van der Waals surface area contributed by atoms with Crippen LogP contribution in [0, 0.1) is 26.7 Å². The fraction of sp³-hybridized carbons (Fsp3) is 0.455. The van der Waals surface area contributed by atoms with Gasteiger partial charge >= 0.3 is 0 Å². The Hall–Kier alpha value is -2.40. The highest BCUT2D eigenvalue weighted by Gasteiger charge is 2.35. The summed E-state index contributed by atoms with van der Waals surface area (Å²) in [5, 5.41) is 12.9. The van der Waals surface area contributed by atoms with Crippen LogP contribution in [0.25, 0.3) is 0 Å². The lowest BCUT2D eigenvalue weighted by atomic mass is 9.75. The summed E-state index contributed by atoms with van der Waals surface area (Å²) < 4.78 is 5.12. The number of benzene rings is 1. The number of hydrogen-bond acceptors (Lipinski definition) is 4. The van der Waals surface area contributed by atoms with E-state index >= 15 is 0 Å². The van der Waals surface area contributed by atoms with Crippen molar-refractivity contribution >= 4 is 5.91 Å². The number of hydrogen-bond donors (Lipinski definition) is 2. The highest BCUT2D eigenvalue weighted by Crippen LogP contribution is 2.38. The predicted octanol–water partition coefficient (Wildman–Crippen LogP) is 3.19. The van der Waals surface area contributed by atoms with Crippen LogP contribution < -0.4 is 10.1 Å². The first-order valence-electron chi connectivity index (χ1n) is 9.41. The zero-order chi connectivity index (χ0) is 19.6. The minimum Gasteiger partial charge on any atom is -0.481 e. The number of carbonyl (C=O) groups excluding carboxylic acids is 1. The fourth-order valence-electron chi connectivity index (χ4n) is 3.95. The van der Waals surface area contributed by atoms with Crippen molar-refractivity contribution < 1.29 is 14.6 Å². The maximum absolute atomic E-state index is 12.8. The molecule has 1 aliphatic carbocycles. The summed E-state index contributed by atoms with van der Waals surface area (Å²) in [6, 6.07) is 7.82. The van der Waals surface area contributed by atoms with E-state index in [9.17, 15) is 9.90 Å². The van der Waals surface area contributed by atoms with Crippen LogP contribution in [0.1, 0.15) is 46.7 Å². The second-order valence-electron chi connectivity index (χ2n) is 7.62. The molecule has 0 spiro atoms. The van der Waals surface area contributed by atoms with Gasteiger partial charge in [0.15, 0.2) is 0 Å². The number of aryl methyl sites for hydroxylation is 3. The molecule has 1 atom stereocenters. The van der Waals surface area contributed by atoms with Crippen LogP contribution in [-0.2, 0) is 11.2 Å². The summed E-state index contributed by atoms with van der Waals surface area (Å²) in [6.07, 6.45) is 3.21. The molecule has 27 heavy (non-hydrogen) atoms. The van der Waals surface area contributed by atoms with Gasteiger partial charge in [0.1, 0.15) is 0 Å². The van der Waals surface area contributed by atoms with E-state index in [-0.39, 0.29) is 24.0 Å². The average molecular weight is 368 g/mol. The van der Waals surface area contributed by atoms with Crippen LogP contribution in [0.5, 0.6) is 5.88 Å². The van der Waals surface area contributed by atoms with Gasteiger partial charge in [-0.1, -0.05) is 23.8 Å². The number of nitrogens with one attached hydrogen (secondary N) is 1. The lowest BCUT2D eigenvalue weighted by molar-refractivity contribution is -0.122. The molecule has 5 heteroatoms. The molecule has 1 fully saturated rings. The van der Waals surface area contributed by atoms with Crippen LogP contribution in [0.3, 0.4) is 0 Å². The number of ether oxygens (including phenoxy) is 1. The Morgan fingerprint density at radius 2 is 1.93 bits per heavy atom. The molecule has 1 amide bonds. The van der Waals surface area contributed by atoms with Crippen molar-refractivity contribution in [1.29, 1.82) is 0 Å². The van der Waals surface area contributed by atoms with Crippen LogP contribution in [0.4, 0.5) is 0 Å². The number of pyridine rings is 1. The summed E-state index contributed by atoms with van der Waals surface area (Å²) in [4.78, 5) is 17.1. The lowest BCUT2D eigenvalue weighted by Crippen LogP contribution is -2.42. The second kappa shape index (κ2) is 8.09. The molecule has 1 saturated carbocycles. The van der Waals surface area contributed by atoms with Crippen LogP contribution in [0.2, 0.25) is 0 Å². The van der Waals surface area contributed by atoms with Crippen LogP contribution >= 0.6 is 0 Å². The zero-order valence-electron chi connectivity index (χ0n) is 16.5. The SMILES string of the molecule is COc1ccc(C(NC(=O)Cc2c(C)cc(C)cc2C)C2CC(O)C2)cn1. The third-order valence-corrected chi connectivity index (χ3v) is 5.44. The molecule has 0 bridgehead atoms. The largest absolute Gasteiger partial charge is 0.481 e. The summed E-state index contributed by atoms with van der Waals surface area (Å²) in [5.74, 6) is 0.759. The number of rotatable bonds is 6. The Bertz CT molecular complexity index is 788.